The van der Waals surface area contributed by atoms with Crippen molar-refractivity contribution in [1.82, 2.24) is 4.90 Å². The Labute approximate surface area is 117 Å². The number of nitrogens with two attached hydrogens (primary N) is 2. The fraction of sp³-hybridized carbons (Fsp3) is 0.800. The van der Waals surface area contributed by atoms with Crippen LogP contribution in [0.5, 0.6) is 0 Å². The molecule has 0 aromatic rings. The van der Waals surface area contributed by atoms with E-state index in [-0.39, 0.29) is 12.2 Å². The van der Waals surface area contributed by atoms with Gasteiger partial charge in [-0.2, -0.15) is 11.8 Å². The highest BCUT2D eigenvalue weighted by molar-refractivity contribution is 8.01. The van der Waals surface area contributed by atoms with Gasteiger partial charge < -0.3 is 16.4 Å². The molecule has 1 fully saturated rings. The van der Waals surface area contributed by atoms with Crippen LogP contribution in [-0.4, -0.2) is 60.4 Å². The third kappa shape index (κ3) is 4.08. The second kappa shape index (κ2) is 6.58. The van der Waals surface area contributed by atoms with Crippen LogP contribution >= 0.6 is 11.8 Å². The number of hydrogen-bond acceptors (Lipinski definition) is 6. The first kappa shape index (κ1) is 16.3. The summed E-state index contributed by atoms with van der Waals surface area (Å²) in [6, 6.07) is -1.07. The van der Waals surface area contributed by atoms with Crippen LogP contribution in [-0.2, 0) is 19.4 Å². The smallest absolute Gasteiger partial charge is 0.241 e. The number of carbonyl (C=O) groups excluding carboxylic acids is 2. The van der Waals surface area contributed by atoms with Gasteiger partial charge in [0.1, 0.15) is 5.37 Å². The summed E-state index contributed by atoms with van der Waals surface area (Å²) >= 11 is 1.49. The predicted molar refractivity (Wildman–Crippen MR) is 74.1 cm³/mol. The number of nitrogens with zero attached hydrogens (tertiary/aromatic N) is 1. The Bertz CT molecular complexity index is 452. The number of carbonyl (C=O) groups is 2. The molecule has 1 saturated heterocycles. The number of rotatable bonds is 5. The van der Waals surface area contributed by atoms with Crippen LogP contribution in [0.2, 0.25) is 0 Å². The monoisotopic (exact) mass is 309 g/mol. The predicted octanol–water partition coefficient (Wildman–Crippen LogP) is -1.47. The summed E-state index contributed by atoms with van der Waals surface area (Å²) in [5.41, 5.74) is 10.6. The summed E-state index contributed by atoms with van der Waals surface area (Å²) < 4.78 is 23.9. The van der Waals surface area contributed by atoms with E-state index in [1.165, 1.54) is 16.7 Å². The normalized spacial score (nSPS) is 22.0. The lowest BCUT2D eigenvalue weighted by Gasteiger charge is -2.36. The second-order valence-electron chi connectivity index (χ2n) is 4.29. The van der Waals surface area contributed by atoms with Crippen LogP contribution in [0.1, 0.15) is 13.3 Å². The lowest BCUT2D eigenvalue weighted by Crippen LogP contribution is -2.55. The maximum atomic E-state index is 12.1. The van der Waals surface area contributed by atoms with Gasteiger partial charge in [-0.05, 0) is 0 Å². The first-order valence-electron chi connectivity index (χ1n) is 5.93. The lowest BCUT2D eigenvalue weighted by atomic mass is 10.2. The van der Waals surface area contributed by atoms with Crippen molar-refractivity contribution in [3.05, 3.63) is 0 Å². The van der Waals surface area contributed by atoms with Gasteiger partial charge in [0.2, 0.25) is 11.8 Å². The molecule has 110 valence electrons. The van der Waals surface area contributed by atoms with E-state index in [9.17, 15) is 18.0 Å². The van der Waals surface area contributed by atoms with Gasteiger partial charge in [0.15, 0.2) is 9.84 Å². The van der Waals surface area contributed by atoms with E-state index in [1.807, 2.05) is 0 Å². The number of primary amides is 1. The molecule has 0 radical (unpaired) electrons. The second-order valence-corrected chi connectivity index (χ2v) is 7.89. The van der Waals surface area contributed by atoms with Gasteiger partial charge in [0.25, 0.3) is 0 Å². The van der Waals surface area contributed by atoms with E-state index in [4.69, 9.17) is 11.5 Å². The fourth-order valence-corrected chi connectivity index (χ4v) is 4.81. The summed E-state index contributed by atoms with van der Waals surface area (Å²) in [6.07, 6.45) is -0.276. The topological polar surface area (TPSA) is 124 Å². The number of sulfone groups is 1. The van der Waals surface area contributed by atoms with E-state index >= 15 is 0 Å². The molecular formula is C10H19N3O4S2. The molecule has 1 aliphatic heterocycles. The minimum atomic E-state index is -3.36. The molecule has 2 atom stereocenters. The molecule has 9 heteroatoms. The maximum Gasteiger partial charge on any atom is 0.241 e. The van der Waals surface area contributed by atoms with Crippen molar-refractivity contribution in [2.75, 3.05) is 23.8 Å². The minimum Gasteiger partial charge on any atom is -0.370 e. The molecule has 2 unspecified atom stereocenters. The van der Waals surface area contributed by atoms with E-state index in [0.29, 0.717) is 18.1 Å². The molecule has 0 spiro atoms. The molecule has 0 aliphatic carbocycles. The first-order chi connectivity index (χ1) is 8.79. The number of thioether (sulfide) groups is 1. The van der Waals surface area contributed by atoms with Gasteiger partial charge in [-0.3, -0.25) is 9.59 Å². The van der Waals surface area contributed by atoms with E-state index < -0.39 is 33.1 Å². The summed E-state index contributed by atoms with van der Waals surface area (Å²) in [6.45, 7) is 1.86. The zero-order valence-electron chi connectivity index (χ0n) is 10.7. The maximum absolute atomic E-state index is 12.1. The zero-order valence-corrected chi connectivity index (χ0v) is 12.4. The average molecular weight is 309 g/mol. The zero-order chi connectivity index (χ0) is 14.6. The highest BCUT2D eigenvalue weighted by Crippen LogP contribution is 2.22. The lowest BCUT2D eigenvalue weighted by molar-refractivity contribution is -0.135. The third-order valence-electron chi connectivity index (χ3n) is 2.92. The summed E-state index contributed by atoms with van der Waals surface area (Å²) in [7, 11) is -3.36. The van der Waals surface area contributed by atoms with Crippen molar-refractivity contribution in [3.63, 3.8) is 0 Å². The number of hydrogen-bond donors (Lipinski definition) is 2. The van der Waals surface area contributed by atoms with Crippen LogP contribution in [0.25, 0.3) is 0 Å². The summed E-state index contributed by atoms with van der Waals surface area (Å²) in [4.78, 5) is 24.2. The Hall–Kier alpha value is -0.800. The van der Waals surface area contributed by atoms with Gasteiger partial charge in [-0.1, -0.05) is 6.92 Å². The van der Waals surface area contributed by atoms with Crippen molar-refractivity contribution in [1.29, 1.82) is 0 Å². The molecule has 4 N–H and O–H groups in total. The molecule has 0 saturated carbocycles. The Kier molecular flexibility index (Phi) is 5.63. The molecule has 0 bridgehead atoms. The molecular weight excluding hydrogens is 290 g/mol. The van der Waals surface area contributed by atoms with Gasteiger partial charge in [0, 0.05) is 23.8 Å². The average Bonchev–Trinajstić information content (AvgIpc) is 2.37. The molecule has 2 amide bonds. The highest BCUT2D eigenvalue weighted by Gasteiger charge is 2.37. The van der Waals surface area contributed by atoms with Crippen LogP contribution in [0.15, 0.2) is 0 Å². The van der Waals surface area contributed by atoms with E-state index in [2.05, 4.69) is 0 Å². The molecule has 0 aromatic heterocycles. The van der Waals surface area contributed by atoms with E-state index in [1.54, 1.807) is 6.92 Å². The van der Waals surface area contributed by atoms with Crippen LogP contribution < -0.4 is 11.5 Å². The van der Waals surface area contributed by atoms with Gasteiger partial charge in [0.05, 0.1) is 12.5 Å². The van der Waals surface area contributed by atoms with E-state index in [0.717, 1.165) is 0 Å². The van der Waals surface area contributed by atoms with Crippen molar-refractivity contribution >= 4 is 33.4 Å². The Balaban J connectivity index is 2.88. The van der Waals surface area contributed by atoms with Crippen LogP contribution in [0.3, 0.4) is 0 Å². The standard InChI is InChI=1S/C10H19N3O4S2/c1-2-19(16,17)9-6-18-4-3-13(9)10(15)7(11)5-8(12)14/h7,9H,2-6,11H2,1H3,(H2,12,14). The van der Waals surface area contributed by atoms with Crippen LogP contribution in [0, 0.1) is 0 Å². The highest BCUT2D eigenvalue weighted by atomic mass is 32.2. The van der Waals surface area contributed by atoms with Gasteiger partial charge in [-0.25, -0.2) is 8.42 Å². The largest absolute Gasteiger partial charge is 0.370 e. The minimum absolute atomic E-state index is 0.0347. The Morgan fingerprint density at radius 2 is 2.11 bits per heavy atom. The van der Waals surface area contributed by atoms with Crippen molar-refractivity contribution in [2.24, 2.45) is 11.5 Å². The number of amides is 2. The third-order valence-corrected chi connectivity index (χ3v) is 6.21. The van der Waals surface area contributed by atoms with Crippen molar-refractivity contribution in [3.8, 4) is 0 Å². The summed E-state index contributed by atoms with van der Waals surface area (Å²) in [5, 5.41) is -0.859. The fourth-order valence-electron chi connectivity index (χ4n) is 1.84. The molecule has 1 heterocycles. The van der Waals surface area contributed by atoms with Crippen molar-refractivity contribution < 1.29 is 18.0 Å². The Morgan fingerprint density at radius 1 is 1.47 bits per heavy atom. The molecule has 7 nitrogen and oxygen atoms in total. The van der Waals surface area contributed by atoms with Crippen LogP contribution in [0.4, 0.5) is 0 Å². The van der Waals surface area contributed by atoms with Crippen molar-refractivity contribution in [2.45, 2.75) is 24.8 Å². The van der Waals surface area contributed by atoms with Gasteiger partial charge >= 0.3 is 0 Å². The molecule has 19 heavy (non-hydrogen) atoms. The SMILES string of the molecule is CCS(=O)(=O)C1CSCCN1C(=O)C(N)CC(N)=O. The Morgan fingerprint density at radius 3 is 2.63 bits per heavy atom. The van der Waals surface area contributed by atoms with Gasteiger partial charge in [-0.15, -0.1) is 0 Å². The summed E-state index contributed by atoms with van der Waals surface area (Å²) in [5.74, 6) is -0.244. The first-order valence-corrected chi connectivity index (χ1v) is 8.80. The molecule has 0 aromatic carbocycles. The molecule has 1 aliphatic rings. The molecule has 1 rings (SSSR count). The quantitative estimate of drug-likeness (QED) is 0.638.